The second kappa shape index (κ2) is 7.37. The molecule has 0 atom stereocenters. The molecule has 1 rings (SSSR count). The molecule has 0 unspecified atom stereocenters. The monoisotopic (exact) mass is 288 g/mol. The summed E-state index contributed by atoms with van der Waals surface area (Å²) in [6.45, 7) is 2.34. The van der Waals surface area contributed by atoms with Crippen molar-refractivity contribution >= 4 is 13.7 Å². The van der Waals surface area contributed by atoms with Crippen LogP contribution in [0, 0.1) is 6.92 Å². The molecular formula is C11H17N2O5P. The number of carbonyl (C=O) groups is 1. The minimum Gasteiger partial charge on any atom is -0.351 e. The van der Waals surface area contributed by atoms with E-state index in [2.05, 4.69) is 15.2 Å². The van der Waals surface area contributed by atoms with Gasteiger partial charge in [-0.25, -0.2) is 4.57 Å². The van der Waals surface area contributed by atoms with E-state index < -0.39 is 7.82 Å². The molecule has 0 saturated carbocycles. The summed E-state index contributed by atoms with van der Waals surface area (Å²) in [4.78, 5) is 28.5. The first-order valence-electron chi connectivity index (χ1n) is 5.64. The van der Waals surface area contributed by atoms with Gasteiger partial charge < -0.3 is 15.1 Å². The highest BCUT2D eigenvalue weighted by molar-refractivity contribution is 7.46. The number of nitrogens with one attached hydrogen (secondary N) is 2. The second-order valence-electron chi connectivity index (χ2n) is 3.89. The van der Waals surface area contributed by atoms with E-state index >= 15 is 0 Å². The number of amides is 1. The van der Waals surface area contributed by atoms with Crippen LogP contribution in [0.3, 0.4) is 0 Å². The third kappa shape index (κ3) is 7.05. The van der Waals surface area contributed by atoms with Crippen molar-refractivity contribution < 1.29 is 23.7 Å². The van der Waals surface area contributed by atoms with E-state index in [1.54, 1.807) is 12.1 Å². The largest absolute Gasteiger partial charge is 0.470 e. The predicted molar refractivity (Wildman–Crippen MR) is 69.5 cm³/mol. The number of phosphoric acid groups is 1. The Balaban J connectivity index is 2.17. The molecular weight excluding hydrogens is 271 g/mol. The van der Waals surface area contributed by atoms with Crippen LogP contribution in [0.5, 0.6) is 0 Å². The first kappa shape index (κ1) is 15.8. The van der Waals surface area contributed by atoms with Crippen LogP contribution in [0.1, 0.15) is 15.9 Å². The quantitative estimate of drug-likeness (QED) is 0.328. The van der Waals surface area contributed by atoms with E-state index in [1.165, 1.54) is 0 Å². The van der Waals surface area contributed by atoms with Gasteiger partial charge in [-0.3, -0.25) is 14.6 Å². The van der Waals surface area contributed by atoms with Gasteiger partial charge in [-0.15, -0.1) is 0 Å². The molecule has 0 aliphatic heterocycles. The van der Waals surface area contributed by atoms with Gasteiger partial charge in [-0.1, -0.05) is 17.7 Å². The van der Waals surface area contributed by atoms with E-state index in [4.69, 9.17) is 9.79 Å². The third-order valence-electron chi connectivity index (χ3n) is 2.24. The SMILES string of the molecule is Cc1ccc(C(=O)NCCNCOP(=O)(O)O)cc1. The molecule has 0 saturated heterocycles. The van der Waals surface area contributed by atoms with Gasteiger partial charge in [0.1, 0.15) is 6.73 Å². The standard InChI is InChI=1S/C11H17N2O5P/c1-9-2-4-10(5-3-9)11(14)13-7-6-12-8-18-19(15,16)17/h2-5,12H,6-8H2,1H3,(H,13,14)(H2,15,16,17). The Morgan fingerprint density at radius 3 is 2.47 bits per heavy atom. The van der Waals surface area contributed by atoms with Gasteiger partial charge in [0.15, 0.2) is 0 Å². The molecule has 7 nitrogen and oxygen atoms in total. The van der Waals surface area contributed by atoms with Crippen LogP contribution in [0.25, 0.3) is 0 Å². The Bertz CT molecular complexity index is 457. The number of aryl methyl sites for hydroxylation is 1. The second-order valence-corrected chi connectivity index (χ2v) is 5.13. The minimum absolute atomic E-state index is 0.197. The summed E-state index contributed by atoms with van der Waals surface area (Å²) in [7, 11) is -4.44. The summed E-state index contributed by atoms with van der Waals surface area (Å²) in [6, 6.07) is 7.16. The van der Waals surface area contributed by atoms with Gasteiger partial charge in [-0.2, -0.15) is 0 Å². The maximum Gasteiger partial charge on any atom is 0.470 e. The Morgan fingerprint density at radius 2 is 1.89 bits per heavy atom. The molecule has 1 aromatic carbocycles. The highest BCUT2D eigenvalue weighted by Gasteiger charge is 2.12. The molecule has 0 spiro atoms. The van der Waals surface area contributed by atoms with E-state index in [0.717, 1.165) is 5.56 Å². The van der Waals surface area contributed by atoms with Gasteiger partial charge in [0.25, 0.3) is 5.91 Å². The fourth-order valence-electron chi connectivity index (χ4n) is 1.27. The number of rotatable bonds is 7. The van der Waals surface area contributed by atoms with Gasteiger partial charge in [0, 0.05) is 18.7 Å². The normalized spacial score (nSPS) is 11.3. The molecule has 0 aliphatic rings. The van der Waals surface area contributed by atoms with Gasteiger partial charge in [0.2, 0.25) is 0 Å². The fourth-order valence-corrected chi connectivity index (χ4v) is 1.53. The Kier molecular flexibility index (Phi) is 6.14. The molecule has 1 amide bonds. The minimum atomic E-state index is -4.44. The summed E-state index contributed by atoms with van der Waals surface area (Å²) in [5, 5.41) is 5.29. The molecule has 19 heavy (non-hydrogen) atoms. The zero-order valence-corrected chi connectivity index (χ0v) is 11.4. The first-order valence-corrected chi connectivity index (χ1v) is 7.17. The van der Waals surface area contributed by atoms with Crippen molar-refractivity contribution in [3.8, 4) is 0 Å². The van der Waals surface area contributed by atoms with Gasteiger partial charge in [0.05, 0.1) is 0 Å². The van der Waals surface area contributed by atoms with Crippen molar-refractivity contribution in [2.75, 3.05) is 19.8 Å². The lowest BCUT2D eigenvalue weighted by Gasteiger charge is -2.08. The predicted octanol–water partition coefficient (Wildman–Crippen LogP) is 0.381. The molecule has 0 heterocycles. The van der Waals surface area contributed by atoms with Crippen molar-refractivity contribution in [2.45, 2.75) is 6.92 Å². The van der Waals surface area contributed by atoms with Crippen LogP contribution in [0.4, 0.5) is 0 Å². The Morgan fingerprint density at radius 1 is 1.26 bits per heavy atom. The number of carbonyl (C=O) groups excluding carboxylic acids is 1. The highest BCUT2D eigenvalue weighted by atomic mass is 31.2. The lowest BCUT2D eigenvalue weighted by atomic mass is 10.1. The van der Waals surface area contributed by atoms with E-state index in [0.29, 0.717) is 18.7 Å². The summed E-state index contributed by atoms with van der Waals surface area (Å²) in [6.07, 6.45) is 0. The highest BCUT2D eigenvalue weighted by Crippen LogP contribution is 2.34. The molecule has 8 heteroatoms. The summed E-state index contributed by atoms with van der Waals surface area (Å²) >= 11 is 0. The van der Waals surface area contributed by atoms with Crippen LogP contribution < -0.4 is 10.6 Å². The van der Waals surface area contributed by atoms with Crippen LogP contribution in [-0.2, 0) is 9.09 Å². The molecule has 0 aromatic heterocycles. The fraction of sp³-hybridized carbons (Fsp3) is 0.364. The molecule has 0 fully saturated rings. The van der Waals surface area contributed by atoms with E-state index in [1.807, 2.05) is 19.1 Å². The molecule has 106 valence electrons. The Hall–Kier alpha value is -1.24. The lowest BCUT2D eigenvalue weighted by molar-refractivity contribution is 0.0952. The molecule has 0 radical (unpaired) electrons. The summed E-state index contributed by atoms with van der Waals surface area (Å²) in [5.41, 5.74) is 1.64. The first-order chi connectivity index (χ1) is 8.88. The van der Waals surface area contributed by atoms with Gasteiger partial charge in [-0.05, 0) is 19.1 Å². The zero-order valence-electron chi connectivity index (χ0n) is 10.5. The van der Waals surface area contributed by atoms with Crippen molar-refractivity contribution in [1.82, 2.24) is 10.6 Å². The van der Waals surface area contributed by atoms with E-state index in [9.17, 15) is 9.36 Å². The number of hydrogen-bond acceptors (Lipinski definition) is 4. The zero-order chi connectivity index (χ0) is 14.3. The molecule has 1 aromatic rings. The van der Waals surface area contributed by atoms with Crippen LogP contribution in [0.15, 0.2) is 24.3 Å². The Labute approximate surface area is 111 Å². The lowest BCUT2D eigenvalue weighted by Crippen LogP contribution is -2.32. The van der Waals surface area contributed by atoms with Crippen molar-refractivity contribution in [3.63, 3.8) is 0 Å². The number of phosphoric ester groups is 1. The maximum atomic E-state index is 11.7. The third-order valence-corrected chi connectivity index (χ3v) is 2.70. The van der Waals surface area contributed by atoms with Crippen molar-refractivity contribution in [3.05, 3.63) is 35.4 Å². The van der Waals surface area contributed by atoms with Gasteiger partial charge >= 0.3 is 7.82 Å². The maximum absolute atomic E-state index is 11.7. The van der Waals surface area contributed by atoms with Crippen LogP contribution in [-0.4, -0.2) is 35.5 Å². The van der Waals surface area contributed by atoms with Crippen molar-refractivity contribution in [2.24, 2.45) is 0 Å². The van der Waals surface area contributed by atoms with Crippen LogP contribution in [0.2, 0.25) is 0 Å². The van der Waals surface area contributed by atoms with E-state index in [-0.39, 0.29) is 12.6 Å². The average Bonchev–Trinajstić information content (AvgIpc) is 2.33. The topological polar surface area (TPSA) is 108 Å². The summed E-state index contributed by atoms with van der Waals surface area (Å²) < 4.78 is 14.5. The smallest absolute Gasteiger partial charge is 0.351 e. The summed E-state index contributed by atoms with van der Waals surface area (Å²) in [5.74, 6) is -0.197. The van der Waals surface area contributed by atoms with Crippen molar-refractivity contribution in [1.29, 1.82) is 0 Å². The molecule has 0 aliphatic carbocycles. The number of hydrogen-bond donors (Lipinski definition) is 4. The van der Waals surface area contributed by atoms with Crippen LogP contribution >= 0.6 is 7.82 Å². The number of benzene rings is 1. The molecule has 4 N–H and O–H groups in total. The average molecular weight is 288 g/mol. The molecule has 0 bridgehead atoms.